The Labute approximate surface area is 125 Å². The molecule has 1 atom stereocenters. The average molecular weight is 323 g/mol. The van der Waals surface area contributed by atoms with Gasteiger partial charge in [0.2, 0.25) is 0 Å². The molecule has 0 fully saturated rings. The third-order valence-electron chi connectivity index (χ3n) is 2.70. The van der Waals surface area contributed by atoms with Crippen molar-refractivity contribution in [3.63, 3.8) is 0 Å². The van der Waals surface area contributed by atoms with Crippen LogP contribution in [0, 0.1) is 0 Å². The Morgan fingerprint density at radius 1 is 1.35 bits per heavy atom. The molecule has 0 saturated heterocycles. The number of ether oxygens (including phenoxy) is 1. The number of hydrogen-bond acceptors (Lipinski definition) is 5. The molecule has 0 unspecified atom stereocenters. The van der Waals surface area contributed by atoms with Crippen LogP contribution in [0.15, 0.2) is 29.2 Å². The van der Waals surface area contributed by atoms with Gasteiger partial charge in [-0.25, -0.2) is 13.2 Å². The lowest BCUT2D eigenvalue weighted by atomic mass is 10.1. The monoisotopic (exact) mass is 322 g/mol. The topological polar surface area (TPSA) is 98.5 Å². The van der Waals surface area contributed by atoms with E-state index in [1.807, 2.05) is 0 Å². The normalized spacial score (nSPS) is 12.2. The third-order valence-corrected chi connectivity index (χ3v) is 4.45. The van der Waals surface area contributed by atoms with Crippen LogP contribution in [0.25, 0.3) is 0 Å². The van der Waals surface area contributed by atoms with Crippen LogP contribution >= 0.6 is 12.4 Å². The standard InChI is InChI=1S/C12H18N2O4S.ClH/c1-3-19(16,17)10-6-4-9(5-7-10)11(13)8-14-12(15)18-2;/h4-7,11H,3,8,13H2,1-2H3,(H,14,15);1H/t11-;/m0./s1. The Hall–Kier alpha value is -1.31. The fraction of sp³-hybridized carbons (Fsp3) is 0.417. The molecule has 3 N–H and O–H groups in total. The second kappa shape index (κ2) is 8.08. The van der Waals surface area contributed by atoms with E-state index in [4.69, 9.17) is 5.73 Å². The maximum atomic E-state index is 11.6. The number of benzene rings is 1. The Bertz CT molecular complexity index is 531. The summed E-state index contributed by atoms with van der Waals surface area (Å²) in [5, 5.41) is 2.48. The molecule has 0 aliphatic rings. The van der Waals surface area contributed by atoms with Crippen molar-refractivity contribution in [1.29, 1.82) is 0 Å². The van der Waals surface area contributed by atoms with E-state index in [0.717, 1.165) is 5.56 Å². The summed E-state index contributed by atoms with van der Waals surface area (Å²) in [7, 11) is -1.93. The van der Waals surface area contributed by atoms with Crippen molar-refractivity contribution >= 4 is 28.3 Å². The van der Waals surface area contributed by atoms with Gasteiger partial charge in [-0.3, -0.25) is 0 Å². The molecule has 1 aromatic carbocycles. The van der Waals surface area contributed by atoms with Crippen LogP contribution in [0.4, 0.5) is 4.79 Å². The largest absolute Gasteiger partial charge is 0.453 e. The minimum Gasteiger partial charge on any atom is -0.453 e. The number of carbonyl (C=O) groups is 1. The molecule has 8 heteroatoms. The van der Waals surface area contributed by atoms with Crippen molar-refractivity contribution in [2.45, 2.75) is 17.9 Å². The van der Waals surface area contributed by atoms with Crippen molar-refractivity contribution in [1.82, 2.24) is 5.32 Å². The first-order chi connectivity index (χ1) is 8.90. The maximum absolute atomic E-state index is 11.6. The van der Waals surface area contributed by atoms with Gasteiger partial charge in [-0.05, 0) is 17.7 Å². The summed E-state index contributed by atoms with van der Waals surface area (Å²) in [6.07, 6.45) is -0.555. The Morgan fingerprint density at radius 2 is 1.90 bits per heavy atom. The molecule has 20 heavy (non-hydrogen) atoms. The fourth-order valence-electron chi connectivity index (χ4n) is 1.47. The molecule has 0 aliphatic carbocycles. The zero-order chi connectivity index (χ0) is 14.5. The minimum atomic E-state index is -3.20. The van der Waals surface area contributed by atoms with E-state index in [2.05, 4.69) is 10.1 Å². The van der Waals surface area contributed by atoms with Crippen molar-refractivity contribution < 1.29 is 17.9 Å². The molecular weight excluding hydrogens is 304 g/mol. The van der Waals surface area contributed by atoms with Gasteiger partial charge in [0.15, 0.2) is 9.84 Å². The Morgan fingerprint density at radius 3 is 2.35 bits per heavy atom. The van der Waals surface area contributed by atoms with Gasteiger partial charge < -0.3 is 15.8 Å². The molecule has 0 heterocycles. The highest BCUT2D eigenvalue weighted by atomic mass is 35.5. The van der Waals surface area contributed by atoms with E-state index in [0.29, 0.717) is 0 Å². The summed E-state index contributed by atoms with van der Waals surface area (Å²) in [5.41, 5.74) is 6.61. The van der Waals surface area contributed by atoms with Crippen LogP contribution in [0.2, 0.25) is 0 Å². The summed E-state index contributed by atoms with van der Waals surface area (Å²) in [5.74, 6) is 0.0578. The van der Waals surface area contributed by atoms with Crippen molar-refractivity contribution in [2.24, 2.45) is 5.73 Å². The molecule has 1 amide bonds. The van der Waals surface area contributed by atoms with Crippen molar-refractivity contribution in [3.05, 3.63) is 29.8 Å². The van der Waals surface area contributed by atoms with Crippen molar-refractivity contribution in [2.75, 3.05) is 19.4 Å². The lowest BCUT2D eigenvalue weighted by Crippen LogP contribution is -2.31. The third kappa shape index (κ3) is 4.99. The molecule has 6 nitrogen and oxygen atoms in total. The van der Waals surface area contributed by atoms with Gasteiger partial charge in [-0.2, -0.15) is 0 Å². The molecule has 0 aliphatic heterocycles. The van der Waals surface area contributed by atoms with Crippen LogP contribution in [0.3, 0.4) is 0 Å². The molecule has 1 aromatic rings. The van der Waals surface area contributed by atoms with E-state index in [9.17, 15) is 13.2 Å². The summed E-state index contributed by atoms with van der Waals surface area (Å²) < 4.78 is 27.7. The number of sulfone groups is 1. The smallest absolute Gasteiger partial charge is 0.406 e. The number of hydrogen-bond donors (Lipinski definition) is 2. The fourth-order valence-corrected chi connectivity index (χ4v) is 2.36. The second-order valence-corrected chi connectivity index (χ2v) is 6.23. The number of alkyl carbamates (subject to hydrolysis) is 1. The average Bonchev–Trinajstić information content (AvgIpc) is 2.44. The summed E-state index contributed by atoms with van der Waals surface area (Å²) in [4.78, 5) is 11.2. The Kier molecular flexibility index (Phi) is 7.55. The molecule has 0 aromatic heterocycles. The highest BCUT2D eigenvalue weighted by Gasteiger charge is 2.13. The van der Waals surface area contributed by atoms with Crippen molar-refractivity contribution in [3.8, 4) is 0 Å². The van der Waals surface area contributed by atoms with Gasteiger partial charge in [0.1, 0.15) is 0 Å². The molecule has 1 rings (SSSR count). The quantitative estimate of drug-likeness (QED) is 0.850. The van der Waals surface area contributed by atoms with Crippen LogP contribution in [-0.4, -0.2) is 33.9 Å². The summed E-state index contributed by atoms with van der Waals surface area (Å²) in [6.45, 7) is 1.81. The Balaban J connectivity index is 0.00000361. The highest BCUT2D eigenvalue weighted by molar-refractivity contribution is 7.91. The number of methoxy groups -OCH3 is 1. The molecule has 0 radical (unpaired) electrons. The van der Waals surface area contributed by atoms with Gasteiger partial charge in [0, 0.05) is 12.6 Å². The first kappa shape index (κ1) is 18.7. The maximum Gasteiger partial charge on any atom is 0.406 e. The van der Waals surface area contributed by atoms with E-state index >= 15 is 0 Å². The number of halogens is 1. The summed E-state index contributed by atoms with van der Waals surface area (Å²) >= 11 is 0. The zero-order valence-corrected chi connectivity index (χ0v) is 13.0. The molecule has 0 bridgehead atoms. The lowest BCUT2D eigenvalue weighted by Gasteiger charge is -2.13. The van der Waals surface area contributed by atoms with Crippen LogP contribution in [0.5, 0.6) is 0 Å². The van der Waals surface area contributed by atoms with Crippen LogP contribution in [-0.2, 0) is 14.6 Å². The molecule has 0 spiro atoms. The first-order valence-electron chi connectivity index (χ1n) is 5.80. The van der Waals surface area contributed by atoms with E-state index in [-0.39, 0.29) is 29.6 Å². The number of nitrogens with one attached hydrogen (secondary N) is 1. The predicted molar refractivity (Wildman–Crippen MR) is 78.8 cm³/mol. The van der Waals surface area contributed by atoms with E-state index < -0.39 is 22.0 Å². The number of carbonyl (C=O) groups excluding carboxylic acids is 1. The molecular formula is C12H19ClN2O4S. The number of nitrogens with two attached hydrogens (primary N) is 1. The minimum absolute atomic E-state index is 0. The number of amides is 1. The van der Waals surface area contributed by atoms with Crippen LogP contribution < -0.4 is 11.1 Å². The van der Waals surface area contributed by atoms with Gasteiger partial charge in [-0.15, -0.1) is 12.4 Å². The van der Waals surface area contributed by atoms with Gasteiger partial charge in [0.25, 0.3) is 0 Å². The van der Waals surface area contributed by atoms with Crippen LogP contribution in [0.1, 0.15) is 18.5 Å². The van der Waals surface area contributed by atoms with E-state index in [1.165, 1.54) is 19.2 Å². The zero-order valence-electron chi connectivity index (χ0n) is 11.3. The van der Waals surface area contributed by atoms with Gasteiger partial charge >= 0.3 is 6.09 Å². The number of rotatable bonds is 5. The lowest BCUT2D eigenvalue weighted by molar-refractivity contribution is 0.170. The van der Waals surface area contributed by atoms with E-state index in [1.54, 1.807) is 19.1 Å². The second-order valence-electron chi connectivity index (χ2n) is 3.95. The predicted octanol–water partition coefficient (Wildman–Crippen LogP) is 1.26. The SMILES string of the molecule is CCS(=O)(=O)c1ccc([C@@H](N)CNC(=O)OC)cc1.Cl. The first-order valence-corrected chi connectivity index (χ1v) is 7.46. The van der Waals surface area contributed by atoms with Gasteiger partial charge in [-0.1, -0.05) is 19.1 Å². The molecule has 114 valence electrons. The van der Waals surface area contributed by atoms with Gasteiger partial charge in [0.05, 0.1) is 17.8 Å². The summed E-state index contributed by atoms with van der Waals surface area (Å²) in [6, 6.07) is 5.91. The molecule has 0 saturated carbocycles. The highest BCUT2D eigenvalue weighted by Crippen LogP contribution is 2.15.